The number of aromatic amines is 1. The molecule has 2 N–H and O–H groups in total. The third kappa shape index (κ3) is 6.03. The van der Waals surface area contributed by atoms with E-state index in [-0.39, 0.29) is 69.5 Å². The number of aliphatic hydroxyl groups excluding tert-OH is 1. The summed E-state index contributed by atoms with van der Waals surface area (Å²) in [4.78, 5) is 15.5. The molecular weight excluding hydrogens is 701 g/mol. The van der Waals surface area contributed by atoms with Crippen molar-refractivity contribution in [2.75, 3.05) is 32.3 Å². The summed E-state index contributed by atoms with van der Waals surface area (Å²) in [6.07, 6.45) is -1.58. The first-order chi connectivity index (χ1) is 16.8. The van der Waals surface area contributed by atoms with Crippen molar-refractivity contribution < 1.29 is 68.2 Å². The predicted octanol–water partition coefficient (Wildman–Crippen LogP) is 2.95. The maximum Gasteiger partial charge on any atom is 0.256 e. The Morgan fingerprint density at radius 3 is 2.61 bits per heavy atom. The number of methoxy groups -OCH3 is 2. The summed E-state index contributed by atoms with van der Waals surface area (Å²) in [5.41, 5.74) is 1.41. The van der Waals surface area contributed by atoms with Crippen LogP contribution in [0, 0.1) is 49.5 Å². The van der Waals surface area contributed by atoms with Crippen LogP contribution in [0.5, 0.6) is 11.5 Å². The molecule has 1 amide bonds. The average Bonchev–Trinajstić information content (AvgIpc) is 3.34. The Kier molecular flexibility index (Phi) is 9.75. The molecule has 4 rings (SSSR count). The molecule has 1 radical (unpaired) electrons. The van der Waals surface area contributed by atoms with E-state index in [1.807, 2.05) is 26.0 Å². The smallest absolute Gasteiger partial charge is 0.256 e. The molecule has 36 heavy (non-hydrogen) atoms. The molecular formula is C24H28AcClN5O5. The fourth-order valence-electron chi connectivity index (χ4n) is 4.14. The second-order valence-electron chi connectivity index (χ2n) is 9.07. The van der Waals surface area contributed by atoms with E-state index in [0.29, 0.717) is 39.2 Å². The molecule has 12 heteroatoms. The molecule has 1 aromatic heterocycles. The standard InChI is InChI=1S/C24H28ClN5O5.Ac/c1-24(2,13-31)12-30-17-9-8-14(25)10-16(17)21(15-6-5-7-18(33-3)22(15)34-4)35-19(23(30)32)11-20-26-28-29-27-20;/h5-10,19,21,31H,11-13H2,1-4H3,(H,26,27,28,29);/t19-,21-;/m1./s1. The molecule has 0 fully saturated rings. The zero-order valence-corrected chi connectivity index (χ0v) is 26.1. The molecule has 2 aromatic carbocycles. The summed E-state index contributed by atoms with van der Waals surface area (Å²) < 4.78 is 17.7. The second-order valence-corrected chi connectivity index (χ2v) is 9.51. The number of fused-ring (bicyclic) bond motifs is 1. The molecule has 10 nitrogen and oxygen atoms in total. The summed E-state index contributed by atoms with van der Waals surface area (Å²) in [6.45, 7) is 3.92. The summed E-state index contributed by atoms with van der Waals surface area (Å²) in [5, 5.41) is 24.5. The largest absolute Gasteiger partial charge is 0.493 e. The minimum absolute atomic E-state index is 0. The Balaban J connectivity index is 0.00000361. The number of aromatic nitrogens is 4. The van der Waals surface area contributed by atoms with Gasteiger partial charge in [-0.05, 0) is 24.3 Å². The van der Waals surface area contributed by atoms with E-state index in [0.717, 1.165) is 0 Å². The molecule has 3 aromatic rings. The van der Waals surface area contributed by atoms with Gasteiger partial charge >= 0.3 is 0 Å². The molecule has 2 atom stereocenters. The first-order valence-corrected chi connectivity index (χ1v) is 11.5. The molecule has 0 bridgehead atoms. The van der Waals surface area contributed by atoms with Crippen LogP contribution in [-0.4, -0.2) is 65.1 Å². The van der Waals surface area contributed by atoms with Gasteiger partial charge in [-0.25, -0.2) is 0 Å². The molecule has 1 aliphatic heterocycles. The third-order valence-corrected chi connectivity index (χ3v) is 6.13. The number of para-hydroxylation sites is 1. The van der Waals surface area contributed by atoms with Gasteiger partial charge in [-0.15, -0.1) is 10.2 Å². The number of carbonyl (C=O) groups excluding carboxylic acids is 1. The number of amides is 1. The summed E-state index contributed by atoms with van der Waals surface area (Å²) >= 11 is 6.42. The van der Waals surface area contributed by atoms with Crippen LogP contribution in [0.2, 0.25) is 5.02 Å². The fourth-order valence-corrected chi connectivity index (χ4v) is 4.32. The quantitative estimate of drug-likeness (QED) is 0.364. The Hall–Kier alpha value is -1.77. The molecule has 0 saturated heterocycles. The zero-order chi connectivity index (χ0) is 25.2. The van der Waals surface area contributed by atoms with Crippen molar-refractivity contribution in [3.63, 3.8) is 0 Å². The van der Waals surface area contributed by atoms with Gasteiger partial charge in [-0.3, -0.25) is 4.79 Å². The number of halogens is 1. The van der Waals surface area contributed by atoms with E-state index in [1.54, 1.807) is 43.4 Å². The van der Waals surface area contributed by atoms with Gasteiger partial charge in [0.05, 0.1) is 14.2 Å². The molecule has 0 saturated carbocycles. The number of nitrogens with one attached hydrogen (secondary N) is 1. The minimum Gasteiger partial charge on any atom is -0.493 e. The van der Waals surface area contributed by atoms with Crippen molar-refractivity contribution in [1.82, 2.24) is 20.6 Å². The number of rotatable bonds is 8. The number of benzene rings is 2. The Labute approximate surface area is 250 Å². The van der Waals surface area contributed by atoms with Crippen molar-refractivity contribution in [3.8, 4) is 11.5 Å². The van der Waals surface area contributed by atoms with Gasteiger partial charge in [0.1, 0.15) is 12.2 Å². The van der Waals surface area contributed by atoms with Crippen LogP contribution in [0.3, 0.4) is 0 Å². The van der Waals surface area contributed by atoms with E-state index in [1.165, 1.54) is 0 Å². The first kappa shape index (κ1) is 28.8. The van der Waals surface area contributed by atoms with Crippen LogP contribution in [-0.2, 0) is 16.0 Å². The Morgan fingerprint density at radius 2 is 1.97 bits per heavy atom. The van der Waals surface area contributed by atoms with Gasteiger partial charge in [0.2, 0.25) is 0 Å². The number of hydrogen-bond acceptors (Lipinski definition) is 8. The summed E-state index contributed by atoms with van der Waals surface area (Å²) in [6, 6.07) is 10.8. The number of hydrogen-bond donors (Lipinski definition) is 2. The van der Waals surface area contributed by atoms with E-state index >= 15 is 0 Å². The van der Waals surface area contributed by atoms with E-state index in [4.69, 9.17) is 25.8 Å². The summed E-state index contributed by atoms with van der Waals surface area (Å²) in [5.74, 6) is 1.07. The van der Waals surface area contributed by atoms with Crippen molar-refractivity contribution in [3.05, 3.63) is 58.4 Å². The Morgan fingerprint density at radius 1 is 1.19 bits per heavy atom. The molecule has 189 valence electrons. The van der Waals surface area contributed by atoms with E-state index in [9.17, 15) is 9.90 Å². The third-order valence-electron chi connectivity index (χ3n) is 5.89. The van der Waals surface area contributed by atoms with Crippen LogP contribution in [0.1, 0.15) is 36.9 Å². The number of nitrogens with zero attached hydrogens (tertiary/aromatic N) is 4. The van der Waals surface area contributed by atoms with Gasteiger partial charge in [-0.1, -0.05) is 42.8 Å². The van der Waals surface area contributed by atoms with E-state index in [2.05, 4.69) is 20.6 Å². The molecule has 0 spiro atoms. The number of aliphatic hydroxyl groups is 1. The second kappa shape index (κ2) is 12.2. The maximum absolute atomic E-state index is 13.9. The Bertz CT molecular complexity index is 1190. The van der Waals surface area contributed by atoms with Gasteiger partial charge in [0, 0.05) is 90.9 Å². The van der Waals surface area contributed by atoms with Crippen LogP contribution < -0.4 is 14.4 Å². The minimum atomic E-state index is -0.950. The number of anilines is 1. The maximum atomic E-state index is 13.9. The molecule has 0 unspecified atom stereocenters. The summed E-state index contributed by atoms with van der Waals surface area (Å²) in [7, 11) is 3.11. The van der Waals surface area contributed by atoms with Crippen molar-refractivity contribution in [2.45, 2.75) is 32.5 Å². The average molecular weight is 729 g/mol. The SMILES string of the molecule is COc1cccc([C@H]2O[C@H](Cc3nn[nH]n3)C(=O)N(CC(C)(C)CO)c3ccc(Cl)cc32)c1OC.[Ac]. The number of tetrazole rings is 1. The first-order valence-electron chi connectivity index (χ1n) is 11.1. The van der Waals surface area contributed by atoms with Gasteiger partial charge < -0.3 is 24.2 Å². The van der Waals surface area contributed by atoms with Crippen LogP contribution in [0.25, 0.3) is 0 Å². The van der Waals surface area contributed by atoms with Gasteiger partial charge in [0.25, 0.3) is 5.91 Å². The monoisotopic (exact) mass is 728 g/mol. The topological polar surface area (TPSA) is 123 Å². The van der Waals surface area contributed by atoms with Crippen LogP contribution in [0.4, 0.5) is 5.69 Å². The van der Waals surface area contributed by atoms with E-state index < -0.39 is 17.6 Å². The van der Waals surface area contributed by atoms with Crippen molar-refractivity contribution >= 4 is 23.2 Å². The zero-order valence-electron chi connectivity index (χ0n) is 20.6. The molecule has 1 aliphatic rings. The van der Waals surface area contributed by atoms with Crippen molar-refractivity contribution in [2.24, 2.45) is 5.41 Å². The number of H-pyrrole nitrogens is 1. The normalized spacial score (nSPS) is 17.7. The fraction of sp³-hybridized carbons (Fsp3) is 0.417. The van der Waals surface area contributed by atoms with Crippen molar-refractivity contribution in [1.29, 1.82) is 0 Å². The van der Waals surface area contributed by atoms with Crippen LogP contribution >= 0.6 is 11.6 Å². The molecule has 2 heterocycles. The van der Waals surface area contributed by atoms with Crippen LogP contribution in [0.15, 0.2) is 36.4 Å². The van der Waals surface area contributed by atoms with Gasteiger partial charge in [-0.2, -0.15) is 5.21 Å². The molecule has 0 aliphatic carbocycles. The predicted molar refractivity (Wildman–Crippen MR) is 129 cm³/mol. The number of carbonyl (C=O) groups is 1. The number of ether oxygens (including phenoxy) is 3. The van der Waals surface area contributed by atoms with Gasteiger partial charge in [0.15, 0.2) is 17.3 Å².